The highest BCUT2D eigenvalue weighted by Crippen LogP contribution is 2.44. The number of methoxy groups -OCH3 is 2. The molecule has 2 aromatic rings. The molecule has 9 nitrogen and oxygen atoms in total. The molecule has 0 aliphatic carbocycles. The summed E-state index contributed by atoms with van der Waals surface area (Å²) in [7, 11) is 1.21. The van der Waals surface area contributed by atoms with Gasteiger partial charge in [0.05, 0.1) is 31.0 Å². The Hall–Kier alpha value is -2.61. The van der Waals surface area contributed by atoms with E-state index in [0.717, 1.165) is 48.9 Å². The lowest BCUT2D eigenvalue weighted by atomic mass is 9.77. The van der Waals surface area contributed by atoms with Crippen molar-refractivity contribution in [3.8, 4) is 17.6 Å². The summed E-state index contributed by atoms with van der Waals surface area (Å²) in [6.45, 7) is 2.57. The van der Waals surface area contributed by atoms with E-state index < -0.39 is 10.2 Å². The van der Waals surface area contributed by atoms with Gasteiger partial charge in [0.15, 0.2) is 11.5 Å². The molecule has 10 heteroatoms. The summed E-state index contributed by atoms with van der Waals surface area (Å²) in [6.07, 6.45) is 4.19. The molecule has 0 amide bonds. The molecule has 4 rings (SSSR count). The first-order valence-electron chi connectivity index (χ1n) is 10.2. The third-order valence-electron chi connectivity index (χ3n) is 6.61. The number of aromatic nitrogens is 1. The SMILES string of the molecule is CNS(=O)(=O)N1CCC2(CCN(c3c(C#N)cnc4cc(OC)c(OC)cc34)CC2)C1. The first kappa shape index (κ1) is 21.6. The van der Waals surface area contributed by atoms with E-state index in [0.29, 0.717) is 30.2 Å². The summed E-state index contributed by atoms with van der Waals surface area (Å²) in [4.78, 5) is 6.66. The Bertz CT molecular complexity index is 1140. The van der Waals surface area contributed by atoms with E-state index in [-0.39, 0.29) is 5.41 Å². The van der Waals surface area contributed by atoms with Gasteiger partial charge in [-0.25, -0.2) is 4.72 Å². The fraction of sp³-hybridized carbons (Fsp3) is 0.524. The fourth-order valence-electron chi connectivity index (χ4n) is 4.77. The van der Waals surface area contributed by atoms with Gasteiger partial charge in [0.2, 0.25) is 0 Å². The predicted octanol–water partition coefficient (Wildman–Crippen LogP) is 1.88. The van der Waals surface area contributed by atoms with Gasteiger partial charge in [-0.2, -0.15) is 18.0 Å². The number of nitrogens with zero attached hydrogens (tertiary/aromatic N) is 4. The largest absolute Gasteiger partial charge is 0.493 e. The molecule has 2 aliphatic heterocycles. The van der Waals surface area contributed by atoms with Gasteiger partial charge in [-0.1, -0.05) is 0 Å². The first-order chi connectivity index (χ1) is 14.9. The van der Waals surface area contributed by atoms with Gasteiger partial charge in [-0.15, -0.1) is 0 Å². The van der Waals surface area contributed by atoms with Crippen LogP contribution < -0.4 is 19.1 Å². The molecule has 0 bridgehead atoms. The minimum atomic E-state index is -3.40. The number of nitrogens with one attached hydrogen (secondary N) is 1. The second-order valence-corrected chi connectivity index (χ2v) is 10.0. The van der Waals surface area contributed by atoms with Crippen molar-refractivity contribution in [3.05, 3.63) is 23.9 Å². The van der Waals surface area contributed by atoms with Crippen LogP contribution in [-0.2, 0) is 10.2 Å². The van der Waals surface area contributed by atoms with Gasteiger partial charge in [-0.3, -0.25) is 4.98 Å². The Balaban J connectivity index is 1.64. The number of ether oxygens (including phenoxy) is 2. The summed E-state index contributed by atoms with van der Waals surface area (Å²) in [5.74, 6) is 1.18. The molecule has 0 unspecified atom stereocenters. The third kappa shape index (κ3) is 3.78. The summed E-state index contributed by atoms with van der Waals surface area (Å²) in [5, 5.41) is 10.6. The van der Waals surface area contributed by atoms with Crippen molar-refractivity contribution in [1.82, 2.24) is 14.0 Å². The summed E-state index contributed by atoms with van der Waals surface area (Å²) < 4.78 is 39.2. The molecule has 0 atom stereocenters. The van der Waals surface area contributed by atoms with Gasteiger partial charge in [0.1, 0.15) is 6.07 Å². The molecule has 1 aromatic carbocycles. The minimum absolute atomic E-state index is 0.0169. The van der Waals surface area contributed by atoms with E-state index in [2.05, 4.69) is 20.7 Å². The van der Waals surface area contributed by atoms with Crippen LogP contribution in [0.4, 0.5) is 5.69 Å². The van der Waals surface area contributed by atoms with Gasteiger partial charge < -0.3 is 14.4 Å². The van der Waals surface area contributed by atoms with E-state index in [4.69, 9.17) is 9.47 Å². The topological polar surface area (TPSA) is 108 Å². The molecule has 2 fully saturated rings. The maximum atomic E-state index is 12.2. The number of pyridine rings is 1. The number of benzene rings is 1. The number of hydrogen-bond donors (Lipinski definition) is 1. The Morgan fingerprint density at radius 1 is 1.13 bits per heavy atom. The van der Waals surface area contributed by atoms with Gasteiger partial charge in [-0.05, 0) is 30.7 Å². The smallest absolute Gasteiger partial charge is 0.279 e. The van der Waals surface area contributed by atoms with Crippen molar-refractivity contribution in [2.75, 3.05) is 52.3 Å². The standard InChI is InChI=1S/C21H27N5O4S/c1-23-31(27,28)26-9-6-21(14-26)4-7-25(8-5-21)20-15(12-22)13-24-17-11-19(30-3)18(29-2)10-16(17)20/h10-11,13,23H,4-9,14H2,1-3H3. The summed E-state index contributed by atoms with van der Waals surface area (Å²) in [6, 6.07) is 5.97. The van der Waals surface area contributed by atoms with Crippen molar-refractivity contribution >= 4 is 26.8 Å². The number of piperidine rings is 1. The first-order valence-corrected chi connectivity index (χ1v) is 11.7. The average Bonchev–Trinajstić information content (AvgIpc) is 3.22. The van der Waals surface area contributed by atoms with E-state index in [1.54, 1.807) is 24.7 Å². The second kappa shape index (κ2) is 8.15. The molecule has 0 radical (unpaired) electrons. The van der Waals surface area contributed by atoms with Crippen LogP contribution in [0.15, 0.2) is 18.3 Å². The van der Waals surface area contributed by atoms with Crippen molar-refractivity contribution in [2.24, 2.45) is 5.41 Å². The van der Waals surface area contributed by atoms with Crippen LogP contribution in [0.2, 0.25) is 0 Å². The number of hydrogen-bond acceptors (Lipinski definition) is 7. The zero-order valence-electron chi connectivity index (χ0n) is 18.0. The van der Waals surface area contributed by atoms with Gasteiger partial charge >= 0.3 is 0 Å². The van der Waals surface area contributed by atoms with Crippen LogP contribution in [0.3, 0.4) is 0 Å². The zero-order valence-corrected chi connectivity index (χ0v) is 18.8. The highest BCUT2D eigenvalue weighted by atomic mass is 32.2. The van der Waals surface area contributed by atoms with Crippen LogP contribution in [0.25, 0.3) is 10.9 Å². The van der Waals surface area contributed by atoms with Crippen LogP contribution in [-0.4, -0.2) is 65.2 Å². The van der Waals surface area contributed by atoms with Gasteiger partial charge in [0.25, 0.3) is 10.2 Å². The highest BCUT2D eigenvalue weighted by Gasteiger charge is 2.44. The fourth-order valence-corrected chi connectivity index (χ4v) is 5.80. The van der Waals surface area contributed by atoms with E-state index >= 15 is 0 Å². The lowest BCUT2D eigenvalue weighted by Gasteiger charge is -2.41. The molecule has 1 N–H and O–H groups in total. The Morgan fingerprint density at radius 2 is 1.77 bits per heavy atom. The van der Waals surface area contributed by atoms with E-state index in [1.165, 1.54) is 7.05 Å². The number of nitriles is 1. The van der Waals surface area contributed by atoms with Crippen molar-refractivity contribution in [1.29, 1.82) is 5.26 Å². The minimum Gasteiger partial charge on any atom is -0.493 e. The van der Waals surface area contributed by atoms with Crippen molar-refractivity contribution in [2.45, 2.75) is 19.3 Å². The molecule has 2 aliphatic rings. The zero-order chi connectivity index (χ0) is 22.2. The summed E-state index contributed by atoms with van der Waals surface area (Å²) >= 11 is 0. The van der Waals surface area contributed by atoms with Crippen molar-refractivity contribution in [3.63, 3.8) is 0 Å². The maximum Gasteiger partial charge on any atom is 0.279 e. The van der Waals surface area contributed by atoms with Gasteiger partial charge in [0, 0.05) is 50.9 Å². The number of rotatable bonds is 5. The molecular weight excluding hydrogens is 418 g/mol. The second-order valence-electron chi connectivity index (χ2n) is 8.14. The molecular formula is C21H27N5O4S. The monoisotopic (exact) mass is 445 g/mol. The number of anilines is 1. The van der Waals surface area contributed by atoms with E-state index in [1.807, 2.05) is 12.1 Å². The lowest BCUT2D eigenvalue weighted by molar-refractivity contribution is 0.234. The Morgan fingerprint density at radius 3 is 2.39 bits per heavy atom. The van der Waals surface area contributed by atoms with Crippen LogP contribution >= 0.6 is 0 Å². The maximum absolute atomic E-state index is 12.2. The quantitative estimate of drug-likeness (QED) is 0.749. The molecule has 2 saturated heterocycles. The lowest BCUT2D eigenvalue weighted by Crippen LogP contribution is -2.44. The molecule has 1 spiro atoms. The highest BCUT2D eigenvalue weighted by molar-refractivity contribution is 7.87. The predicted molar refractivity (Wildman–Crippen MR) is 118 cm³/mol. The molecule has 1 aromatic heterocycles. The molecule has 0 saturated carbocycles. The average molecular weight is 446 g/mol. The van der Waals surface area contributed by atoms with Crippen LogP contribution in [0, 0.1) is 16.7 Å². The van der Waals surface area contributed by atoms with E-state index in [9.17, 15) is 13.7 Å². The van der Waals surface area contributed by atoms with Crippen LogP contribution in [0.5, 0.6) is 11.5 Å². The number of fused-ring (bicyclic) bond motifs is 1. The Kier molecular flexibility index (Phi) is 5.68. The van der Waals surface area contributed by atoms with Crippen molar-refractivity contribution < 1.29 is 17.9 Å². The van der Waals surface area contributed by atoms with Crippen LogP contribution in [0.1, 0.15) is 24.8 Å². The Labute approximate surface area is 182 Å². The molecule has 31 heavy (non-hydrogen) atoms. The normalized spacial score (nSPS) is 19.0. The summed E-state index contributed by atoms with van der Waals surface area (Å²) in [5.41, 5.74) is 2.08. The third-order valence-corrected chi connectivity index (χ3v) is 8.11. The molecule has 166 valence electrons. The molecule has 3 heterocycles.